The first-order chi connectivity index (χ1) is 12.3. The van der Waals surface area contributed by atoms with Gasteiger partial charge in [-0.15, -0.1) is 0 Å². The van der Waals surface area contributed by atoms with Crippen LogP contribution in [0.4, 0.5) is 0 Å². The van der Waals surface area contributed by atoms with Gasteiger partial charge in [-0.05, 0) is 37.3 Å². The second-order valence-corrected chi connectivity index (χ2v) is 6.78. The van der Waals surface area contributed by atoms with Crippen molar-refractivity contribution in [1.82, 2.24) is 15.3 Å². The van der Waals surface area contributed by atoms with Crippen LogP contribution in [0, 0.1) is 5.92 Å². The molecule has 2 heterocycles. The van der Waals surface area contributed by atoms with Crippen molar-refractivity contribution in [2.75, 3.05) is 19.8 Å². The van der Waals surface area contributed by atoms with Crippen molar-refractivity contribution in [3.05, 3.63) is 42.2 Å². The van der Waals surface area contributed by atoms with Gasteiger partial charge in [0, 0.05) is 36.7 Å². The number of H-pyrrole nitrogens is 1. The molecule has 0 bridgehead atoms. The monoisotopic (exact) mass is 341 g/mol. The fraction of sp³-hybridized carbons (Fsp3) is 0.474. The third kappa shape index (κ3) is 4.08. The average Bonchev–Trinajstić information content (AvgIpc) is 3.31. The zero-order valence-electron chi connectivity index (χ0n) is 14.1. The van der Waals surface area contributed by atoms with Crippen LogP contribution in [0.15, 0.2) is 36.7 Å². The Bertz CT molecular complexity index is 712. The maximum Gasteiger partial charge on any atom is 0.251 e. The number of rotatable bonds is 6. The fourth-order valence-electron chi connectivity index (χ4n) is 3.08. The van der Waals surface area contributed by atoms with Gasteiger partial charge in [0.2, 0.25) is 0 Å². The maximum atomic E-state index is 12.7. The summed E-state index contributed by atoms with van der Waals surface area (Å²) in [4.78, 5) is 20.0. The summed E-state index contributed by atoms with van der Waals surface area (Å²) in [6.45, 7) is 1.99. The van der Waals surface area contributed by atoms with E-state index >= 15 is 0 Å². The molecule has 1 saturated heterocycles. The van der Waals surface area contributed by atoms with E-state index in [1.165, 1.54) is 12.8 Å². The van der Waals surface area contributed by atoms with E-state index in [-0.39, 0.29) is 18.1 Å². The number of aromatic amines is 1. The number of carbonyl (C=O) groups excluding carboxylic acids is 1. The molecule has 6 heteroatoms. The Morgan fingerprint density at radius 3 is 3.08 bits per heavy atom. The van der Waals surface area contributed by atoms with Crippen LogP contribution in [0.1, 0.15) is 29.6 Å². The van der Waals surface area contributed by atoms with Gasteiger partial charge >= 0.3 is 0 Å². The fourth-order valence-corrected chi connectivity index (χ4v) is 3.08. The Morgan fingerprint density at radius 1 is 1.36 bits per heavy atom. The first-order valence-electron chi connectivity index (χ1n) is 8.89. The van der Waals surface area contributed by atoms with E-state index in [1.54, 1.807) is 12.4 Å². The van der Waals surface area contributed by atoms with Crippen LogP contribution in [-0.2, 0) is 9.47 Å². The smallest absolute Gasteiger partial charge is 0.251 e. The molecule has 0 spiro atoms. The van der Waals surface area contributed by atoms with Crippen LogP contribution >= 0.6 is 0 Å². The van der Waals surface area contributed by atoms with Gasteiger partial charge in [-0.1, -0.05) is 12.1 Å². The molecule has 1 aromatic heterocycles. The second kappa shape index (κ2) is 7.37. The number of nitrogens with zero attached hydrogens (tertiary/aromatic N) is 1. The number of aromatic nitrogens is 2. The van der Waals surface area contributed by atoms with Crippen LogP contribution in [0.3, 0.4) is 0 Å². The molecule has 2 aliphatic rings. The molecule has 1 aliphatic heterocycles. The summed E-state index contributed by atoms with van der Waals surface area (Å²) in [5.74, 6) is 1.36. The van der Waals surface area contributed by atoms with Gasteiger partial charge in [0.25, 0.3) is 5.91 Å². The highest BCUT2D eigenvalue weighted by atomic mass is 16.5. The highest BCUT2D eigenvalue weighted by Gasteiger charge is 2.30. The predicted molar refractivity (Wildman–Crippen MR) is 93.2 cm³/mol. The summed E-state index contributed by atoms with van der Waals surface area (Å²) in [5.41, 5.74) is 1.50. The first kappa shape index (κ1) is 16.3. The molecule has 1 amide bonds. The van der Waals surface area contributed by atoms with E-state index in [0.717, 1.165) is 24.4 Å². The van der Waals surface area contributed by atoms with Crippen molar-refractivity contribution in [3.63, 3.8) is 0 Å². The Balaban J connectivity index is 1.42. The zero-order valence-corrected chi connectivity index (χ0v) is 14.1. The minimum absolute atomic E-state index is 0.0338. The van der Waals surface area contributed by atoms with Crippen molar-refractivity contribution in [2.24, 2.45) is 5.92 Å². The molecule has 2 atom stereocenters. The minimum Gasteiger partial charge on any atom is -0.379 e. The number of imidazole rings is 1. The summed E-state index contributed by atoms with van der Waals surface area (Å²) in [7, 11) is 0. The van der Waals surface area contributed by atoms with Crippen molar-refractivity contribution in [3.8, 4) is 11.4 Å². The van der Waals surface area contributed by atoms with E-state index in [2.05, 4.69) is 15.3 Å². The maximum absolute atomic E-state index is 12.7. The lowest BCUT2D eigenvalue weighted by Crippen LogP contribution is -2.50. The summed E-state index contributed by atoms with van der Waals surface area (Å²) < 4.78 is 11.6. The highest BCUT2D eigenvalue weighted by Crippen LogP contribution is 2.30. The van der Waals surface area contributed by atoms with Crippen molar-refractivity contribution >= 4 is 5.91 Å². The molecule has 132 valence electrons. The largest absolute Gasteiger partial charge is 0.379 e. The van der Waals surface area contributed by atoms with Gasteiger partial charge in [0.1, 0.15) is 5.82 Å². The van der Waals surface area contributed by atoms with Gasteiger partial charge in [-0.25, -0.2) is 4.98 Å². The van der Waals surface area contributed by atoms with E-state index in [0.29, 0.717) is 24.7 Å². The molecule has 1 saturated carbocycles. The number of benzene rings is 1. The molecule has 2 N–H and O–H groups in total. The summed E-state index contributed by atoms with van der Waals surface area (Å²) in [6, 6.07) is 7.35. The van der Waals surface area contributed by atoms with Gasteiger partial charge in [0.05, 0.1) is 18.8 Å². The molecule has 2 aromatic rings. The Hall–Kier alpha value is -2.18. The summed E-state index contributed by atoms with van der Waals surface area (Å²) in [6.07, 6.45) is 6.85. The van der Waals surface area contributed by atoms with E-state index < -0.39 is 0 Å². The SMILES string of the molecule is O=C(N[C@@H]1COCC[C@@H]1OCC1CC1)c1cccc(-c2ncc[nH]2)c1. The molecule has 1 aliphatic carbocycles. The van der Waals surface area contributed by atoms with Crippen LogP contribution in [0.5, 0.6) is 0 Å². The molecule has 0 radical (unpaired) electrons. The van der Waals surface area contributed by atoms with Crippen LogP contribution < -0.4 is 5.32 Å². The van der Waals surface area contributed by atoms with Crippen molar-refractivity contribution in [1.29, 1.82) is 0 Å². The lowest BCUT2D eigenvalue weighted by molar-refractivity contribution is -0.0567. The summed E-state index contributed by atoms with van der Waals surface area (Å²) in [5, 5.41) is 3.08. The third-order valence-corrected chi connectivity index (χ3v) is 4.75. The van der Waals surface area contributed by atoms with Gasteiger partial charge < -0.3 is 19.8 Å². The lowest BCUT2D eigenvalue weighted by atomic mass is 10.0. The van der Waals surface area contributed by atoms with Gasteiger partial charge in [-0.3, -0.25) is 4.79 Å². The van der Waals surface area contributed by atoms with E-state index in [4.69, 9.17) is 9.47 Å². The average molecular weight is 341 g/mol. The predicted octanol–water partition coefficient (Wildman–Crippen LogP) is 2.39. The molecule has 25 heavy (non-hydrogen) atoms. The third-order valence-electron chi connectivity index (χ3n) is 4.75. The minimum atomic E-state index is -0.107. The molecule has 2 fully saturated rings. The molecular formula is C19H23N3O3. The number of hydrogen-bond donors (Lipinski definition) is 2. The number of carbonyl (C=O) groups is 1. The number of amides is 1. The Morgan fingerprint density at radius 2 is 2.28 bits per heavy atom. The summed E-state index contributed by atoms with van der Waals surface area (Å²) >= 11 is 0. The zero-order chi connectivity index (χ0) is 17.1. The van der Waals surface area contributed by atoms with Crippen LogP contribution in [0.2, 0.25) is 0 Å². The van der Waals surface area contributed by atoms with E-state index in [9.17, 15) is 4.79 Å². The van der Waals surface area contributed by atoms with Gasteiger partial charge in [0.15, 0.2) is 0 Å². The molecule has 1 aromatic carbocycles. The van der Waals surface area contributed by atoms with Crippen molar-refractivity contribution < 1.29 is 14.3 Å². The highest BCUT2D eigenvalue weighted by molar-refractivity contribution is 5.95. The molecule has 0 unspecified atom stereocenters. The number of ether oxygens (including phenoxy) is 2. The Kier molecular flexibility index (Phi) is 4.81. The number of nitrogens with one attached hydrogen (secondary N) is 2. The first-order valence-corrected chi connectivity index (χ1v) is 8.89. The molecular weight excluding hydrogens is 318 g/mol. The topological polar surface area (TPSA) is 76.2 Å². The van der Waals surface area contributed by atoms with Crippen LogP contribution in [0.25, 0.3) is 11.4 Å². The molecule has 4 rings (SSSR count). The Labute approximate surface area is 146 Å². The quantitative estimate of drug-likeness (QED) is 0.846. The second-order valence-electron chi connectivity index (χ2n) is 6.78. The van der Waals surface area contributed by atoms with Crippen molar-refractivity contribution in [2.45, 2.75) is 31.4 Å². The standard InChI is InChI=1S/C19H23N3O3/c23-19(15-3-1-2-14(10-15)18-20-7-8-21-18)22-16-12-24-9-6-17(16)25-11-13-4-5-13/h1-3,7-8,10,13,16-17H,4-6,9,11-12H2,(H,20,21)(H,22,23)/t16-,17+/m1/s1. The van der Waals surface area contributed by atoms with Crippen LogP contribution in [-0.4, -0.2) is 47.8 Å². The van der Waals surface area contributed by atoms with E-state index in [1.807, 2.05) is 24.3 Å². The van der Waals surface area contributed by atoms with Gasteiger partial charge in [-0.2, -0.15) is 0 Å². The lowest BCUT2D eigenvalue weighted by Gasteiger charge is -2.32. The number of hydrogen-bond acceptors (Lipinski definition) is 4. The molecule has 6 nitrogen and oxygen atoms in total. The normalized spacial score (nSPS) is 23.4.